The molecule has 1 amide bonds. The number of benzene rings is 2. The number of nitrogens with one attached hydrogen (secondary N) is 4. The van der Waals surface area contributed by atoms with Gasteiger partial charge in [0.1, 0.15) is 17.4 Å². The van der Waals surface area contributed by atoms with Crippen LogP contribution in [0.3, 0.4) is 0 Å². The van der Waals surface area contributed by atoms with Crippen LogP contribution >= 0.6 is 11.6 Å². The summed E-state index contributed by atoms with van der Waals surface area (Å²) in [5.41, 5.74) is 1.48. The highest BCUT2D eigenvalue weighted by Crippen LogP contribution is 2.31. The number of rotatable bonds is 6. The first-order chi connectivity index (χ1) is 14.8. The molecule has 0 aliphatic carbocycles. The Hall–Kier alpha value is -3.10. The zero-order chi connectivity index (χ0) is 22.5. The standard InChI is InChI=1S/C22H25ClFN5O2/c1-26-18-12-20(30)19(28-21(31)8-6-14-4-3-9-29(14)2)11-15(18)22(25)27-13-5-7-17(24)16(23)10-13/h5-8,10-12,14,26,30H,3-4,9H2,1-2H3,(H2,25,27)(H,28,31)/b8-6+/t14-/m1/s1. The molecule has 0 saturated carbocycles. The van der Waals surface area contributed by atoms with Gasteiger partial charge in [0.2, 0.25) is 5.91 Å². The summed E-state index contributed by atoms with van der Waals surface area (Å²) >= 11 is 5.80. The lowest BCUT2D eigenvalue weighted by Crippen LogP contribution is -2.23. The molecule has 164 valence electrons. The van der Waals surface area contributed by atoms with E-state index in [1.807, 2.05) is 13.1 Å². The quantitative estimate of drug-likeness (QED) is 0.198. The summed E-state index contributed by atoms with van der Waals surface area (Å²) < 4.78 is 13.4. The Morgan fingerprint density at radius 2 is 2.06 bits per heavy atom. The van der Waals surface area contributed by atoms with Crippen LogP contribution in [0.15, 0.2) is 42.5 Å². The van der Waals surface area contributed by atoms with E-state index in [0.717, 1.165) is 19.4 Å². The molecule has 1 heterocycles. The largest absolute Gasteiger partial charge is 0.506 e. The van der Waals surface area contributed by atoms with Gasteiger partial charge in [0, 0.05) is 42.2 Å². The van der Waals surface area contributed by atoms with Crippen molar-refractivity contribution in [1.82, 2.24) is 4.90 Å². The van der Waals surface area contributed by atoms with Crippen LogP contribution in [0.2, 0.25) is 5.02 Å². The van der Waals surface area contributed by atoms with Crippen molar-refractivity contribution < 1.29 is 14.3 Å². The summed E-state index contributed by atoms with van der Waals surface area (Å²) in [5.74, 6) is -1.08. The van der Waals surface area contributed by atoms with Crippen LogP contribution in [0.4, 0.5) is 21.5 Å². The second-order valence-corrected chi connectivity index (χ2v) is 7.74. The monoisotopic (exact) mass is 445 g/mol. The third-order valence-electron chi connectivity index (χ3n) is 5.17. The molecule has 2 aromatic carbocycles. The van der Waals surface area contributed by atoms with Crippen LogP contribution in [-0.2, 0) is 4.79 Å². The molecule has 5 N–H and O–H groups in total. The fourth-order valence-corrected chi connectivity index (χ4v) is 3.62. The van der Waals surface area contributed by atoms with E-state index in [0.29, 0.717) is 16.9 Å². The van der Waals surface area contributed by atoms with Gasteiger partial charge in [-0.05, 0) is 50.7 Å². The van der Waals surface area contributed by atoms with Crippen molar-refractivity contribution in [1.29, 1.82) is 5.41 Å². The van der Waals surface area contributed by atoms with Crippen molar-refractivity contribution >= 4 is 40.4 Å². The number of amides is 1. The molecule has 1 atom stereocenters. The number of anilines is 3. The first-order valence-corrected chi connectivity index (χ1v) is 10.2. The van der Waals surface area contributed by atoms with Gasteiger partial charge in [0.05, 0.1) is 10.7 Å². The zero-order valence-corrected chi connectivity index (χ0v) is 18.1. The Kier molecular flexibility index (Phi) is 7.14. The van der Waals surface area contributed by atoms with Crippen LogP contribution in [0.25, 0.3) is 0 Å². The lowest BCUT2D eigenvalue weighted by atomic mass is 10.1. The maximum absolute atomic E-state index is 13.4. The van der Waals surface area contributed by atoms with Gasteiger partial charge in [-0.1, -0.05) is 17.7 Å². The molecule has 2 aromatic rings. The van der Waals surface area contributed by atoms with Crippen LogP contribution in [0.1, 0.15) is 18.4 Å². The van der Waals surface area contributed by atoms with E-state index in [1.165, 1.54) is 36.4 Å². The molecule has 0 radical (unpaired) electrons. The topological polar surface area (TPSA) is 100 Å². The number of hydrogen-bond acceptors (Lipinski definition) is 5. The second kappa shape index (κ2) is 9.80. The van der Waals surface area contributed by atoms with Gasteiger partial charge in [-0.15, -0.1) is 0 Å². The molecule has 1 aliphatic rings. The molecule has 1 fully saturated rings. The molecule has 0 unspecified atom stereocenters. The van der Waals surface area contributed by atoms with Gasteiger partial charge >= 0.3 is 0 Å². The van der Waals surface area contributed by atoms with Crippen LogP contribution < -0.4 is 16.0 Å². The molecule has 31 heavy (non-hydrogen) atoms. The number of likely N-dealkylation sites (tertiary alicyclic amines) is 1. The summed E-state index contributed by atoms with van der Waals surface area (Å²) in [6, 6.07) is 7.18. The Morgan fingerprint density at radius 1 is 1.29 bits per heavy atom. The van der Waals surface area contributed by atoms with E-state index < -0.39 is 5.82 Å². The number of hydrogen-bond donors (Lipinski definition) is 5. The van der Waals surface area contributed by atoms with Crippen molar-refractivity contribution in [2.45, 2.75) is 18.9 Å². The number of halogens is 2. The number of amidine groups is 1. The number of nitrogens with zero attached hydrogens (tertiary/aromatic N) is 1. The first-order valence-electron chi connectivity index (χ1n) is 9.83. The van der Waals surface area contributed by atoms with E-state index in [4.69, 9.17) is 17.0 Å². The van der Waals surface area contributed by atoms with E-state index in [-0.39, 0.29) is 34.2 Å². The minimum atomic E-state index is -0.554. The maximum Gasteiger partial charge on any atom is 0.248 e. The first kappa shape index (κ1) is 22.6. The number of phenols is 1. The van der Waals surface area contributed by atoms with E-state index in [9.17, 15) is 14.3 Å². The molecule has 1 aliphatic heterocycles. The Labute approximate surface area is 185 Å². The van der Waals surface area contributed by atoms with Gasteiger partial charge in [-0.2, -0.15) is 0 Å². The minimum Gasteiger partial charge on any atom is -0.506 e. The minimum absolute atomic E-state index is 0.0225. The summed E-state index contributed by atoms with van der Waals surface area (Å²) in [6.45, 7) is 1.00. The van der Waals surface area contributed by atoms with E-state index in [1.54, 1.807) is 7.05 Å². The highest BCUT2D eigenvalue weighted by Gasteiger charge is 2.18. The summed E-state index contributed by atoms with van der Waals surface area (Å²) in [7, 11) is 3.67. The van der Waals surface area contributed by atoms with Crippen LogP contribution in [0, 0.1) is 11.2 Å². The molecule has 0 spiro atoms. The fourth-order valence-electron chi connectivity index (χ4n) is 3.44. The third kappa shape index (κ3) is 5.53. The highest BCUT2D eigenvalue weighted by molar-refractivity contribution is 6.31. The molecule has 9 heteroatoms. The number of aromatic hydroxyl groups is 1. The van der Waals surface area contributed by atoms with Crippen molar-refractivity contribution in [3.8, 4) is 5.75 Å². The smallest absolute Gasteiger partial charge is 0.248 e. The molecule has 3 rings (SSSR count). The second-order valence-electron chi connectivity index (χ2n) is 7.33. The lowest BCUT2D eigenvalue weighted by molar-refractivity contribution is -0.112. The Bertz CT molecular complexity index is 1030. The SMILES string of the molecule is CNc1cc(O)c(NC(=O)/C=C/[C@H]2CCCN2C)cc1C(=N)Nc1ccc(F)c(Cl)c1. The zero-order valence-electron chi connectivity index (χ0n) is 17.3. The maximum atomic E-state index is 13.4. The number of likely N-dealkylation sites (N-methyl/N-ethyl adjacent to an activating group) is 1. The average molecular weight is 446 g/mol. The lowest BCUT2D eigenvalue weighted by Gasteiger charge is -2.16. The summed E-state index contributed by atoms with van der Waals surface area (Å²) in [5, 5.41) is 27.1. The average Bonchev–Trinajstić information content (AvgIpc) is 3.15. The molecule has 0 aromatic heterocycles. The molecular formula is C22H25ClFN5O2. The number of carbonyl (C=O) groups is 1. The van der Waals surface area contributed by atoms with E-state index in [2.05, 4.69) is 20.9 Å². The van der Waals surface area contributed by atoms with Gasteiger partial charge < -0.3 is 21.1 Å². The van der Waals surface area contributed by atoms with Gasteiger partial charge in [0.25, 0.3) is 0 Å². The van der Waals surface area contributed by atoms with Crippen molar-refractivity contribution in [2.24, 2.45) is 0 Å². The summed E-state index contributed by atoms with van der Waals surface area (Å²) in [6.07, 6.45) is 5.41. The van der Waals surface area contributed by atoms with Gasteiger partial charge in [-0.3, -0.25) is 15.1 Å². The Balaban J connectivity index is 1.78. The van der Waals surface area contributed by atoms with Crippen LogP contribution in [-0.4, -0.2) is 48.4 Å². The predicted molar refractivity (Wildman–Crippen MR) is 123 cm³/mol. The van der Waals surface area contributed by atoms with Crippen molar-refractivity contribution in [2.75, 3.05) is 36.6 Å². The van der Waals surface area contributed by atoms with Crippen molar-refractivity contribution in [3.63, 3.8) is 0 Å². The van der Waals surface area contributed by atoms with Crippen molar-refractivity contribution in [3.05, 3.63) is 58.9 Å². The normalized spacial score (nSPS) is 16.5. The van der Waals surface area contributed by atoms with Gasteiger partial charge in [-0.25, -0.2) is 4.39 Å². The number of carbonyl (C=O) groups excluding carboxylic acids is 1. The Morgan fingerprint density at radius 3 is 2.71 bits per heavy atom. The predicted octanol–water partition coefficient (Wildman–Crippen LogP) is 4.25. The third-order valence-corrected chi connectivity index (χ3v) is 5.46. The molecule has 0 bridgehead atoms. The fraction of sp³-hybridized carbons (Fsp3) is 0.273. The molecule has 7 nitrogen and oxygen atoms in total. The summed E-state index contributed by atoms with van der Waals surface area (Å²) in [4.78, 5) is 14.5. The molecular weight excluding hydrogens is 421 g/mol. The highest BCUT2D eigenvalue weighted by atomic mass is 35.5. The van der Waals surface area contributed by atoms with Crippen LogP contribution in [0.5, 0.6) is 5.75 Å². The van der Waals surface area contributed by atoms with Gasteiger partial charge in [0.15, 0.2) is 0 Å². The van der Waals surface area contributed by atoms with E-state index >= 15 is 0 Å². The molecule has 1 saturated heterocycles. The number of phenolic OH excluding ortho intramolecular Hbond substituents is 1.